The molecule has 1 fully saturated rings. The molecule has 2 aromatic heterocycles. The van der Waals surface area contributed by atoms with Crippen molar-refractivity contribution in [2.75, 3.05) is 5.32 Å². The molecule has 0 bridgehead atoms. The number of aromatic nitrogens is 2. The van der Waals surface area contributed by atoms with Gasteiger partial charge in [0.2, 0.25) is 5.92 Å². The van der Waals surface area contributed by atoms with E-state index in [9.17, 15) is 18.4 Å². The molecule has 0 atom stereocenters. The summed E-state index contributed by atoms with van der Waals surface area (Å²) in [7, 11) is 0. The Morgan fingerprint density at radius 2 is 1.94 bits per heavy atom. The molecule has 0 aliphatic heterocycles. The molecule has 2 aliphatic carbocycles. The van der Waals surface area contributed by atoms with E-state index in [4.69, 9.17) is 5.73 Å². The van der Waals surface area contributed by atoms with Crippen molar-refractivity contribution >= 4 is 17.4 Å². The average molecular weight is 430 g/mol. The molecule has 0 unspecified atom stereocenters. The van der Waals surface area contributed by atoms with Gasteiger partial charge in [-0.05, 0) is 43.2 Å². The van der Waals surface area contributed by atoms with E-state index in [1.807, 2.05) is 17.7 Å². The highest BCUT2D eigenvalue weighted by molar-refractivity contribution is 6.00. The second-order valence-electron chi connectivity index (χ2n) is 9.67. The molecule has 2 heterocycles. The van der Waals surface area contributed by atoms with Gasteiger partial charge >= 0.3 is 0 Å². The van der Waals surface area contributed by atoms with E-state index in [1.54, 1.807) is 12.3 Å². The van der Waals surface area contributed by atoms with E-state index in [1.165, 1.54) is 0 Å². The highest BCUT2D eigenvalue weighted by Crippen LogP contribution is 2.39. The monoisotopic (exact) mass is 430 g/mol. The van der Waals surface area contributed by atoms with Crippen molar-refractivity contribution < 1.29 is 18.4 Å². The molecule has 0 radical (unpaired) electrons. The first-order chi connectivity index (χ1) is 14.5. The number of fused-ring (bicyclic) bond motifs is 1. The van der Waals surface area contributed by atoms with Gasteiger partial charge in [0.1, 0.15) is 0 Å². The van der Waals surface area contributed by atoms with Gasteiger partial charge in [-0.1, -0.05) is 13.8 Å². The van der Waals surface area contributed by atoms with Crippen LogP contribution in [-0.2, 0) is 6.42 Å². The summed E-state index contributed by atoms with van der Waals surface area (Å²) in [6.45, 7) is 6.06. The number of hydrogen-bond donors (Lipinski definition) is 2. The summed E-state index contributed by atoms with van der Waals surface area (Å²) in [6.07, 6.45) is 4.94. The number of primary amides is 1. The number of Topliss-reactive ketones (excluding diaryl/α,β-unsaturated/α-hetero) is 1. The summed E-state index contributed by atoms with van der Waals surface area (Å²) in [5, 5.41) is 3.21. The van der Waals surface area contributed by atoms with Crippen LogP contribution in [0.25, 0.3) is 5.69 Å². The number of pyridine rings is 1. The minimum atomic E-state index is -2.63. The predicted molar refractivity (Wildman–Crippen MR) is 114 cm³/mol. The number of carbonyl (C=O) groups excluding carboxylic acids is 2. The first-order valence-corrected chi connectivity index (χ1v) is 10.6. The van der Waals surface area contributed by atoms with Crippen LogP contribution in [0.2, 0.25) is 0 Å². The molecule has 0 spiro atoms. The molecular weight excluding hydrogens is 402 g/mol. The quantitative estimate of drug-likeness (QED) is 0.751. The standard InChI is InChI=1S/C23H28F2N4O2/c1-13-12-29(17-9-22(2,3)10-18(30)19(13)17)15-8-16(20(21(26)31)27-11-15)28-14-4-6-23(24,25)7-5-14/h8,11-12,14,28H,4-7,9-10H2,1-3H3,(H2,26,31). The van der Waals surface area contributed by atoms with Crippen LogP contribution in [0.3, 0.4) is 0 Å². The highest BCUT2D eigenvalue weighted by atomic mass is 19.3. The molecule has 2 aromatic rings. The number of aryl methyl sites for hydroxylation is 1. The molecule has 1 saturated carbocycles. The number of nitrogens with zero attached hydrogens (tertiary/aromatic N) is 2. The minimum absolute atomic E-state index is 0.0789. The van der Waals surface area contributed by atoms with E-state index in [2.05, 4.69) is 24.1 Å². The van der Waals surface area contributed by atoms with E-state index in [0.29, 0.717) is 30.6 Å². The van der Waals surface area contributed by atoms with Crippen molar-refractivity contribution in [3.63, 3.8) is 0 Å². The molecular formula is C23H28F2N4O2. The van der Waals surface area contributed by atoms with Crippen LogP contribution in [-0.4, -0.2) is 33.2 Å². The number of alkyl halides is 2. The Hall–Kier alpha value is -2.77. The first kappa shape index (κ1) is 21.5. The zero-order valence-electron chi connectivity index (χ0n) is 18.1. The molecule has 8 heteroatoms. The predicted octanol–water partition coefficient (Wildman–Crippen LogP) is 4.42. The summed E-state index contributed by atoms with van der Waals surface area (Å²) in [4.78, 5) is 28.9. The molecule has 4 rings (SSSR count). The number of hydrogen-bond acceptors (Lipinski definition) is 4. The molecule has 0 saturated heterocycles. The molecule has 0 aromatic carbocycles. The fourth-order valence-electron chi connectivity index (χ4n) is 4.80. The number of nitrogens with two attached hydrogens (primary N) is 1. The number of nitrogens with one attached hydrogen (secondary N) is 1. The summed E-state index contributed by atoms with van der Waals surface area (Å²) < 4.78 is 29.0. The SMILES string of the molecule is Cc1cn(-c2cnc(C(N)=O)c(NC3CCC(F)(F)CC3)c2)c2c1C(=O)CC(C)(C)C2. The number of ketones is 1. The van der Waals surface area contributed by atoms with E-state index < -0.39 is 11.8 Å². The van der Waals surface area contributed by atoms with Crippen molar-refractivity contribution in [2.24, 2.45) is 11.1 Å². The zero-order chi connectivity index (χ0) is 22.6. The third kappa shape index (κ3) is 4.20. The van der Waals surface area contributed by atoms with Gasteiger partial charge in [-0.25, -0.2) is 13.8 Å². The van der Waals surface area contributed by atoms with Crippen molar-refractivity contribution in [1.82, 2.24) is 9.55 Å². The number of rotatable bonds is 4. The number of halogens is 2. The third-order valence-electron chi connectivity index (χ3n) is 6.32. The molecule has 2 aliphatic rings. The van der Waals surface area contributed by atoms with Gasteiger partial charge in [0.15, 0.2) is 11.5 Å². The van der Waals surface area contributed by atoms with Gasteiger partial charge in [0.25, 0.3) is 5.91 Å². The number of amides is 1. The van der Waals surface area contributed by atoms with Crippen LogP contribution in [0.15, 0.2) is 18.5 Å². The van der Waals surface area contributed by atoms with Gasteiger partial charge in [-0.3, -0.25) is 9.59 Å². The molecule has 3 N–H and O–H groups in total. The summed E-state index contributed by atoms with van der Waals surface area (Å²) in [6, 6.07) is 1.58. The summed E-state index contributed by atoms with van der Waals surface area (Å²) in [5.74, 6) is -3.19. The van der Waals surface area contributed by atoms with Gasteiger partial charge in [-0.2, -0.15) is 0 Å². The van der Waals surface area contributed by atoms with Gasteiger partial charge in [0.05, 0.1) is 17.6 Å². The van der Waals surface area contributed by atoms with Crippen LogP contribution in [0.5, 0.6) is 0 Å². The molecule has 6 nitrogen and oxygen atoms in total. The van der Waals surface area contributed by atoms with E-state index in [-0.39, 0.29) is 35.8 Å². The summed E-state index contributed by atoms with van der Waals surface area (Å²) in [5.41, 5.74) is 9.14. The molecule has 166 valence electrons. The maximum Gasteiger partial charge on any atom is 0.269 e. The van der Waals surface area contributed by atoms with Gasteiger partial charge in [-0.15, -0.1) is 0 Å². The Labute approximate surface area is 180 Å². The van der Waals surface area contributed by atoms with E-state index in [0.717, 1.165) is 23.2 Å². The Morgan fingerprint density at radius 1 is 1.26 bits per heavy atom. The third-order valence-corrected chi connectivity index (χ3v) is 6.32. The summed E-state index contributed by atoms with van der Waals surface area (Å²) >= 11 is 0. The largest absolute Gasteiger partial charge is 0.380 e. The fourth-order valence-corrected chi connectivity index (χ4v) is 4.80. The lowest BCUT2D eigenvalue weighted by Crippen LogP contribution is -2.33. The molecule has 1 amide bonds. The lowest BCUT2D eigenvalue weighted by Gasteiger charge is -2.30. The van der Waals surface area contributed by atoms with Crippen molar-refractivity contribution in [1.29, 1.82) is 0 Å². The normalized spacial score (nSPS) is 20.4. The first-order valence-electron chi connectivity index (χ1n) is 10.6. The van der Waals surface area contributed by atoms with Crippen LogP contribution in [0.1, 0.15) is 78.1 Å². The van der Waals surface area contributed by atoms with Crippen LogP contribution < -0.4 is 11.1 Å². The highest BCUT2D eigenvalue weighted by Gasteiger charge is 2.36. The van der Waals surface area contributed by atoms with Gasteiger partial charge in [0, 0.05) is 42.8 Å². The average Bonchev–Trinajstić information content (AvgIpc) is 2.98. The number of anilines is 1. The van der Waals surface area contributed by atoms with Gasteiger partial charge < -0.3 is 15.6 Å². The Bertz CT molecular complexity index is 1050. The van der Waals surface area contributed by atoms with Crippen LogP contribution in [0, 0.1) is 12.3 Å². The minimum Gasteiger partial charge on any atom is -0.380 e. The lowest BCUT2D eigenvalue weighted by atomic mass is 9.75. The Morgan fingerprint density at radius 3 is 2.58 bits per heavy atom. The van der Waals surface area contributed by atoms with Crippen LogP contribution in [0.4, 0.5) is 14.5 Å². The topological polar surface area (TPSA) is 90.0 Å². The van der Waals surface area contributed by atoms with Crippen molar-refractivity contribution in [3.05, 3.63) is 41.0 Å². The fraction of sp³-hybridized carbons (Fsp3) is 0.522. The number of carbonyl (C=O) groups is 2. The maximum absolute atomic E-state index is 13.5. The van der Waals surface area contributed by atoms with Crippen LogP contribution >= 0.6 is 0 Å². The smallest absolute Gasteiger partial charge is 0.269 e. The van der Waals surface area contributed by atoms with Crippen molar-refractivity contribution in [2.45, 2.75) is 71.3 Å². The molecule has 31 heavy (non-hydrogen) atoms. The Balaban J connectivity index is 1.71. The van der Waals surface area contributed by atoms with E-state index >= 15 is 0 Å². The lowest BCUT2D eigenvalue weighted by molar-refractivity contribution is -0.0361. The van der Waals surface area contributed by atoms with Crippen molar-refractivity contribution in [3.8, 4) is 5.69 Å². The second-order valence-corrected chi connectivity index (χ2v) is 9.67. The zero-order valence-corrected chi connectivity index (χ0v) is 18.1. The maximum atomic E-state index is 13.5. The Kier molecular flexibility index (Phi) is 5.14. The second kappa shape index (κ2) is 7.43.